The number of carboxylic acid groups (broad SMARTS) is 2. The van der Waals surface area contributed by atoms with Crippen molar-refractivity contribution in [1.29, 1.82) is 0 Å². The maximum atomic E-state index is 11.4. The molecule has 0 radical (unpaired) electrons. The number of carboxylic acids is 2. The third-order valence-electron chi connectivity index (χ3n) is 2.83. The zero-order valence-corrected chi connectivity index (χ0v) is 12.3. The normalized spacial score (nSPS) is 11.7. The van der Waals surface area contributed by atoms with Gasteiger partial charge in [-0.15, -0.1) is 11.3 Å². The highest BCUT2D eigenvalue weighted by Crippen LogP contribution is 2.40. The van der Waals surface area contributed by atoms with Gasteiger partial charge in [0.2, 0.25) is 4.75 Å². The summed E-state index contributed by atoms with van der Waals surface area (Å²) in [6.07, 6.45) is 0.523. The summed E-state index contributed by atoms with van der Waals surface area (Å²) >= 11 is 2.12. The van der Waals surface area contributed by atoms with Crippen LogP contribution in [-0.4, -0.2) is 31.9 Å². The SMILES string of the molecule is CCCC(Sc1nc2ccccc2s1)(C(=O)O)C(=O)O. The topological polar surface area (TPSA) is 87.5 Å². The van der Waals surface area contributed by atoms with Crippen LogP contribution in [0.2, 0.25) is 0 Å². The van der Waals surface area contributed by atoms with Crippen molar-refractivity contribution in [2.45, 2.75) is 28.9 Å². The summed E-state index contributed by atoms with van der Waals surface area (Å²) in [4.78, 5) is 27.2. The van der Waals surface area contributed by atoms with Crippen LogP contribution in [0.4, 0.5) is 0 Å². The van der Waals surface area contributed by atoms with Gasteiger partial charge < -0.3 is 10.2 Å². The van der Waals surface area contributed by atoms with Gasteiger partial charge in [0.05, 0.1) is 10.2 Å². The predicted molar refractivity (Wildman–Crippen MR) is 78.4 cm³/mol. The van der Waals surface area contributed by atoms with E-state index in [2.05, 4.69) is 4.98 Å². The molecular formula is C13H13NO4S2. The zero-order valence-electron chi connectivity index (χ0n) is 10.7. The van der Waals surface area contributed by atoms with Gasteiger partial charge >= 0.3 is 11.9 Å². The molecule has 0 aliphatic carbocycles. The number of hydrogen-bond donors (Lipinski definition) is 2. The summed E-state index contributed by atoms with van der Waals surface area (Å²) in [7, 11) is 0. The first-order chi connectivity index (χ1) is 9.49. The number of benzene rings is 1. The number of nitrogens with zero attached hydrogens (tertiary/aromatic N) is 1. The van der Waals surface area contributed by atoms with Crippen molar-refractivity contribution in [2.75, 3.05) is 0 Å². The first-order valence-corrected chi connectivity index (χ1v) is 7.64. The highest BCUT2D eigenvalue weighted by molar-refractivity contribution is 8.03. The third-order valence-corrected chi connectivity index (χ3v) is 5.33. The Hall–Kier alpha value is -1.60. The Kier molecular flexibility index (Phi) is 4.29. The van der Waals surface area contributed by atoms with E-state index in [1.807, 2.05) is 24.3 Å². The summed E-state index contributed by atoms with van der Waals surface area (Å²) < 4.78 is -0.497. The first kappa shape index (κ1) is 14.8. The molecule has 0 spiro atoms. The average Bonchev–Trinajstić information content (AvgIpc) is 2.79. The highest BCUT2D eigenvalue weighted by atomic mass is 32.2. The molecule has 2 N–H and O–H groups in total. The van der Waals surface area contributed by atoms with Crippen LogP contribution in [0.3, 0.4) is 0 Å². The standard InChI is InChI=1S/C13H13NO4S2/c1-2-7-13(10(15)16,11(17)18)20-12-14-8-5-3-4-6-9(8)19-12/h3-6H,2,7H2,1H3,(H,15,16)(H,17,18). The number of rotatable bonds is 6. The van der Waals surface area contributed by atoms with Gasteiger partial charge in [-0.25, -0.2) is 4.98 Å². The Morgan fingerprint density at radius 3 is 2.50 bits per heavy atom. The van der Waals surface area contributed by atoms with Crippen LogP contribution in [0.1, 0.15) is 19.8 Å². The Morgan fingerprint density at radius 2 is 1.95 bits per heavy atom. The maximum absolute atomic E-state index is 11.4. The van der Waals surface area contributed by atoms with Gasteiger partial charge in [0, 0.05) is 0 Å². The van der Waals surface area contributed by atoms with Crippen LogP contribution in [0, 0.1) is 0 Å². The minimum absolute atomic E-state index is 0.0538. The van der Waals surface area contributed by atoms with E-state index in [1.54, 1.807) is 6.92 Å². The van der Waals surface area contributed by atoms with E-state index in [-0.39, 0.29) is 6.42 Å². The average molecular weight is 311 g/mol. The van der Waals surface area contributed by atoms with Crippen LogP contribution < -0.4 is 0 Å². The second kappa shape index (κ2) is 5.80. The molecule has 0 unspecified atom stereocenters. The molecule has 106 valence electrons. The Labute approximate surface area is 123 Å². The molecule has 0 aliphatic heterocycles. The monoisotopic (exact) mass is 311 g/mol. The summed E-state index contributed by atoms with van der Waals surface area (Å²) in [5.41, 5.74) is 0.751. The Bertz CT molecular complexity index is 606. The van der Waals surface area contributed by atoms with E-state index in [0.29, 0.717) is 10.8 Å². The van der Waals surface area contributed by atoms with Crippen LogP contribution >= 0.6 is 23.1 Å². The lowest BCUT2D eigenvalue weighted by atomic mass is 10.0. The van der Waals surface area contributed by atoms with Crippen molar-refractivity contribution in [3.63, 3.8) is 0 Å². The van der Waals surface area contributed by atoms with Gasteiger partial charge in [-0.2, -0.15) is 0 Å². The predicted octanol–water partition coefficient (Wildman–Crippen LogP) is 3.10. The van der Waals surface area contributed by atoms with Crippen molar-refractivity contribution in [2.24, 2.45) is 0 Å². The Balaban J connectivity index is 2.40. The molecule has 0 fully saturated rings. The third kappa shape index (κ3) is 2.64. The lowest BCUT2D eigenvalue weighted by Crippen LogP contribution is -2.43. The van der Waals surface area contributed by atoms with Crippen molar-refractivity contribution < 1.29 is 19.8 Å². The molecule has 0 amide bonds. The number of aliphatic carboxylic acids is 2. The first-order valence-electron chi connectivity index (χ1n) is 6.01. The van der Waals surface area contributed by atoms with E-state index < -0.39 is 16.7 Å². The van der Waals surface area contributed by atoms with E-state index in [9.17, 15) is 19.8 Å². The minimum atomic E-state index is -1.87. The largest absolute Gasteiger partial charge is 0.480 e. The highest BCUT2D eigenvalue weighted by Gasteiger charge is 2.47. The summed E-state index contributed by atoms with van der Waals surface area (Å²) in [6.45, 7) is 1.76. The molecule has 0 bridgehead atoms. The molecule has 2 rings (SSSR count). The fourth-order valence-electron chi connectivity index (χ4n) is 1.84. The van der Waals surface area contributed by atoms with E-state index in [1.165, 1.54) is 11.3 Å². The van der Waals surface area contributed by atoms with Gasteiger partial charge in [0.1, 0.15) is 0 Å². The summed E-state index contributed by atoms with van der Waals surface area (Å²) in [6, 6.07) is 7.39. The fourth-order valence-corrected chi connectivity index (χ4v) is 4.32. The molecule has 1 aromatic carbocycles. The van der Waals surface area contributed by atoms with E-state index in [0.717, 1.165) is 22.0 Å². The van der Waals surface area contributed by atoms with Gasteiger partial charge in [-0.1, -0.05) is 37.2 Å². The number of aromatic nitrogens is 1. The van der Waals surface area contributed by atoms with Crippen LogP contribution in [0.5, 0.6) is 0 Å². The summed E-state index contributed by atoms with van der Waals surface area (Å²) in [5, 5.41) is 18.7. The maximum Gasteiger partial charge on any atom is 0.331 e. The lowest BCUT2D eigenvalue weighted by Gasteiger charge is -2.22. The zero-order chi connectivity index (χ0) is 14.8. The number of para-hydroxylation sites is 1. The van der Waals surface area contributed by atoms with Crippen molar-refractivity contribution in [1.82, 2.24) is 4.98 Å². The van der Waals surface area contributed by atoms with Crippen LogP contribution in [0.15, 0.2) is 28.6 Å². The number of hydrogen-bond acceptors (Lipinski definition) is 5. The molecule has 0 saturated carbocycles. The Morgan fingerprint density at radius 1 is 1.30 bits per heavy atom. The molecule has 1 heterocycles. The number of carbonyl (C=O) groups is 2. The number of thiazole rings is 1. The molecular weight excluding hydrogens is 298 g/mol. The van der Waals surface area contributed by atoms with Crippen LogP contribution in [-0.2, 0) is 9.59 Å². The van der Waals surface area contributed by atoms with E-state index in [4.69, 9.17) is 0 Å². The van der Waals surface area contributed by atoms with Crippen molar-refractivity contribution in [3.05, 3.63) is 24.3 Å². The second-order valence-electron chi connectivity index (χ2n) is 4.24. The second-order valence-corrected chi connectivity index (χ2v) is 6.81. The van der Waals surface area contributed by atoms with Gasteiger partial charge in [-0.05, 0) is 18.6 Å². The number of thioether (sulfide) groups is 1. The smallest absolute Gasteiger partial charge is 0.331 e. The molecule has 2 aromatic rings. The molecule has 7 heteroatoms. The molecule has 0 saturated heterocycles. The lowest BCUT2D eigenvalue weighted by molar-refractivity contribution is -0.152. The van der Waals surface area contributed by atoms with E-state index >= 15 is 0 Å². The van der Waals surface area contributed by atoms with Gasteiger partial charge in [0.25, 0.3) is 0 Å². The van der Waals surface area contributed by atoms with Crippen molar-refractivity contribution in [3.8, 4) is 0 Å². The molecule has 1 aromatic heterocycles. The molecule has 5 nitrogen and oxygen atoms in total. The molecule has 20 heavy (non-hydrogen) atoms. The van der Waals surface area contributed by atoms with Gasteiger partial charge in [-0.3, -0.25) is 9.59 Å². The number of fused-ring (bicyclic) bond motifs is 1. The molecule has 0 aliphatic rings. The molecule has 0 atom stereocenters. The van der Waals surface area contributed by atoms with Crippen LogP contribution in [0.25, 0.3) is 10.2 Å². The van der Waals surface area contributed by atoms with Crippen molar-refractivity contribution >= 4 is 45.3 Å². The quantitative estimate of drug-likeness (QED) is 0.629. The summed E-state index contributed by atoms with van der Waals surface area (Å²) in [5.74, 6) is -2.67. The fraction of sp³-hybridized carbons (Fsp3) is 0.308. The van der Waals surface area contributed by atoms with Gasteiger partial charge in [0.15, 0.2) is 4.34 Å². The minimum Gasteiger partial charge on any atom is -0.480 e.